The number of hydrogen-bond donors (Lipinski definition) is 1. The number of halogens is 3. The Bertz CT molecular complexity index is 217. The molecule has 0 aromatic rings. The molecule has 0 aliphatic carbocycles. The zero-order valence-corrected chi connectivity index (χ0v) is 10.5. The van der Waals surface area contributed by atoms with Gasteiger partial charge in [0.15, 0.2) is 0 Å². The highest BCUT2D eigenvalue weighted by molar-refractivity contribution is 7.80. The molecule has 0 atom stereocenters. The molecule has 0 aromatic heterocycles. The third kappa shape index (κ3) is 8.91. The third-order valence-electron chi connectivity index (χ3n) is 2.23. The summed E-state index contributed by atoms with van der Waals surface area (Å²) in [5.74, 6) is 0. The molecular formula is C10H19F3N2S. The minimum atomic E-state index is -4.13. The molecule has 0 heterocycles. The molecule has 0 radical (unpaired) electrons. The fraction of sp³-hybridized carbons (Fsp3) is 0.900. The summed E-state index contributed by atoms with van der Waals surface area (Å²) in [7, 11) is 0. The van der Waals surface area contributed by atoms with Crippen molar-refractivity contribution < 1.29 is 13.2 Å². The second-order valence-corrected chi connectivity index (χ2v) is 4.63. The van der Waals surface area contributed by atoms with Gasteiger partial charge in [-0.05, 0) is 39.7 Å². The van der Waals surface area contributed by atoms with Crippen LogP contribution < -0.4 is 5.73 Å². The quantitative estimate of drug-likeness (QED) is 0.561. The molecule has 0 saturated carbocycles. The van der Waals surface area contributed by atoms with Crippen LogP contribution >= 0.6 is 12.2 Å². The Labute approximate surface area is 100.0 Å². The highest BCUT2D eigenvalue weighted by Gasteiger charge is 2.31. The predicted molar refractivity (Wildman–Crippen MR) is 63.4 cm³/mol. The van der Waals surface area contributed by atoms with Gasteiger partial charge in [-0.1, -0.05) is 12.2 Å². The normalized spacial score (nSPS) is 12.4. The molecule has 6 heteroatoms. The van der Waals surface area contributed by atoms with E-state index in [2.05, 4.69) is 0 Å². The highest BCUT2D eigenvalue weighted by atomic mass is 32.1. The summed E-state index contributed by atoms with van der Waals surface area (Å²) >= 11 is 4.70. The van der Waals surface area contributed by atoms with Crippen LogP contribution in [0.3, 0.4) is 0 Å². The van der Waals surface area contributed by atoms with Crippen LogP contribution in [0.15, 0.2) is 0 Å². The second kappa shape index (κ2) is 7.06. The number of rotatable bonds is 7. The van der Waals surface area contributed by atoms with Gasteiger partial charge in [-0.15, -0.1) is 0 Å². The lowest BCUT2D eigenvalue weighted by atomic mass is 10.2. The van der Waals surface area contributed by atoms with Crippen LogP contribution in [0.1, 0.15) is 33.1 Å². The summed E-state index contributed by atoms with van der Waals surface area (Å²) in [5.41, 5.74) is 5.31. The van der Waals surface area contributed by atoms with Crippen molar-refractivity contribution in [3.63, 3.8) is 0 Å². The van der Waals surface area contributed by atoms with Crippen LogP contribution in [0.4, 0.5) is 13.2 Å². The van der Waals surface area contributed by atoms with E-state index in [-0.39, 0.29) is 6.04 Å². The van der Waals surface area contributed by atoms with Crippen molar-refractivity contribution in [2.75, 3.05) is 13.1 Å². The van der Waals surface area contributed by atoms with E-state index in [1.165, 1.54) is 4.90 Å². The number of nitrogens with two attached hydrogens (primary N) is 1. The molecule has 0 rings (SSSR count). The van der Waals surface area contributed by atoms with Gasteiger partial charge in [0.05, 0.1) is 11.5 Å². The van der Waals surface area contributed by atoms with Crippen molar-refractivity contribution in [2.24, 2.45) is 5.73 Å². The van der Waals surface area contributed by atoms with Gasteiger partial charge in [-0.25, -0.2) is 0 Å². The first-order valence-corrected chi connectivity index (χ1v) is 5.72. The fourth-order valence-corrected chi connectivity index (χ4v) is 1.51. The van der Waals surface area contributed by atoms with E-state index in [0.717, 1.165) is 6.42 Å². The van der Waals surface area contributed by atoms with Crippen molar-refractivity contribution in [1.29, 1.82) is 0 Å². The maximum absolute atomic E-state index is 12.2. The zero-order chi connectivity index (χ0) is 12.8. The number of hydrogen-bond acceptors (Lipinski definition) is 2. The molecule has 0 fully saturated rings. The molecule has 0 saturated heterocycles. The summed E-state index contributed by atoms with van der Waals surface area (Å²) in [4.78, 5) is 1.84. The molecule has 0 unspecified atom stereocenters. The third-order valence-corrected chi connectivity index (χ3v) is 2.44. The topological polar surface area (TPSA) is 29.3 Å². The first kappa shape index (κ1) is 15.6. The van der Waals surface area contributed by atoms with E-state index in [9.17, 15) is 13.2 Å². The van der Waals surface area contributed by atoms with Crippen LogP contribution in [0.5, 0.6) is 0 Å². The van der Waals surface area contributed by atoms with Gasteiger partial charge in [0.1, 0.15) is 0 Å². The minimum absolute atomic E-state index is 0.105. The Hall–Kier alpha value is -0.360. The lowest BCUT2D eigenvalue weighted by molar-refractivity contribution is -0.149. The Morgan fingerprint density at radius 3 is 2.25 bits per heavy atom. The van der Waals surface area contributed by atoms with Crippen LogP contribution in [-0.2, 0) is 0 Å². The Balaban J connectivity index is 3.91. The molecule has 0 spiro atoms. The molecule has 0 aromatic carbocycles. The Kier molecular flexibility index (Phi) is 6.90. The molecule has 0 bridgehead atoms. The maximum Gasteiger partial charge on any atom is 0.401 e. The largest absolute Gasteiger partial charge is 0.401 e. The van der Waals surface area contributed by atoms with Gasteiger partial charge >= 0.3 is 6.18 Å². The average molecular weight is 256 g/mol. The molecule has 0 amide bonds. The predicted octanol–water partition coefficient (Wildman–Crippen LogP) is 2.72. The molecule has 2 N–H and O–H groups in total. The van der Waals surface area contributed by atoms with E-state index >= 15 is 0 Å². The SMILES string of the molecule is CC(C)N(CCCCC(N)=S)CC(F)(F)F. The molecule has 96 valence electrons. The van der Waals surface area contributed by atoms with E-state index in [0.29, 0.717) is 24.4 Å². The van der Waals surface area contributed by atoms with Crippen molar-refractivity contribution in [3.8, 4) is 0 Å². The summed E-state index contributed by atoms with van der Waals surface area (Å²) in [6.45, 7) is 3.11. The number of unbranched alkanes of at least 4 members (excludes halogenated alkanes) is 1. The van der Waals surface area contributed by atoms with E-state index in [1.54, 1.807) is 13.8 Å². The van der Waals surface area contributed by atoms with Crippen LogP contribution in [0.25, 0.3) is 0 Å². The van der Waals surface area contributed by atoms with Crippen LogP contribution in [0.2, 0.25) is 0 Å². The molecule has 16 heavy (non-hydrogen) atoms. The molecule has 0 aliphatic heterocycles. The lowest BCUT2D eigenvalue weighted by Gasteiger charge is -2.27. The van der Waals surface area contributed by atoms with Gasteiger partial charge in [-0.3, -0.25) is 4.90 Å². The summed E-state index contributed by atoms with van der Waals surface area (Å²) in [5, 5.41) is 0. The van der Waals surface area contributed by atoms with Crippen LogP contribution in [0, 0.1) is 0 Å². The average Bonchev–Trinajstić information content (AvgIpc) is 2.07. The van der Waals surface area contributed by atoms with Gasteiger partial charge in [-0.2, -0.15) is 13.2 Å². The number of nitrogens with zero attached hydrogens (tertiary/aromatic N) is 1. The van der Waals surface area contributed by atoms with Crippen molar-refractivity contribution >= 4 is 17.2 Å². The van der Waals surface area contributed by atoms with Gasteiger partial charge in [0, 0.05) is 6.04 Å². The maximum atomic E-state index is 12.2. The Morgan fingerprint density at radius 1 is 1.31 bits per heavy atom. The van der Waals surface area contributed by atoms with Gasteiger partial charge < -0.3 is 5.73 Å². The Morgan fingerprint density at radius 2 is 1.88 bits per heavy atom. The van der Waals surface area contributed by atoms with E-state index < -0.39 is 12.7 Å². The molecule has 2 nitrogen and oxygen atoms in total. The minimum Gasteiger partial charge on any atom is -0.393 e. The lowest BCUT2D eigenvalue weighted by Crippen LogP contribution is -2.39. The smallest absolute Gasteiger partial charge is 0.393 e. The van der Waals surface area contributed by atoms with Crippen molar-refractivity contribution in [2.45, 2.75) is 45.3 Å². The van der Waals surface area contributed by atoms with Crippen molar-refractivity contribution in [3.05, 3.63) is 0 Å². The number of alkyl halides is 3. The first-order valence-electron chi connectivity index (χ1n) is 5.31. The standard InChI is InChI=1S/C10H19F3N2S/c1-8(2)15(7-10(11,12)13)6-4-3-5-9(14)16/h8H,3-7H2,1-2H3,(H2,14,16). The van der Waals surface area contributed by atoms with E-state index in [1.807, 2.05) is 0 Å². The first-order chi connectivity index (χ1) is 7.22. The monoisotopic (exact) mass is 256 g/mol. The van der Waals surface area contributed by atoms with Gasteiger partial charge in [0.2, 0.25) is 0 Å². The molecule has 0 aliphatic rings. The summed E-state index contributed by atoms with van der Waals surface area (Å²) in [6, 6.07) is -0.105. The summed E-state index contributed by atoms with van der Waals surface area (Å²) < 4.78 is 36.7. The summed E-state index contributed by atoms with van der Waals surface area (Å²) in [6.07, 6.45) is -2.09. The van der Waals surface area contributed by atoms with Crippen molar-refractivity contribution in [1.82, 2.24) is 4.90 Å². The zero-order valence-electron chi connectivity index (χ0n) is 9.68. The fourth-order valence-electron chi connectivity index (χ4n) is 1.36. The van der Waals surface area contributed by atoms with Crippen LogP contribution in [-0.4, -0.2) is 35.2 Å². The second-order valence-electron chi connectivity index (χ2n) is 4.10. The number of thiocarbonyl (C=S) groups is 1. The van der Waals surface area contributed by atoms with E-state index in [4.69, 9.17) is 18.0 Å². The molecular weight excluding hydrogens is 237 g/mol. The van der Waals surface area contributed by atoms with Gasteiger partial charge in [0.25, 0.3) is 0 Å². The highest BCUT2D eigenvalue weighted by Crippen LogP contribution is 2.18.